The van der Waals surface area contributed by atoms with E-state index in [9.17, 15) is 14.7 Å². The van der Waals surface area contributed by atoms with E-state index in [1.165, 1.54) is 17.8 Å². The zero-order valence-electron chi connectivity index (χ0n) is 13.6. The van der Waals surface area contributed by atoms with Gasteiger partial charge in [-0.1, -0.05) is 24.3 Å². The van der Waals surface area contributed by atoms with Crippen molar-refractivity contribution in [2.24, 2.45) is 0 Å². The van der Waals surface area contributed by atoms with E-state index in [0.29, 0.717) is 27.8 Å². The second-order valence-electron chi connectivity index (χ2n) is 5.44. The predicted molar refractivity (Wildman–Crippen MR) is 102 cm³/mol. The fraction of sp³-hybridized carbons (Fsp3) is 0.0500. The monoisotopic (exact) mass is 362 g/mol. The average molecular weight is 362 g/mol. The minimum Gasteiger partial charge on any atom is -0.478 e. The minimum atomic E-state index is -1.07. The molecule has 3 aromatic rings. The molecule has 0 spiro atoms. The van der Waals surface area contributed by atoms with Gasteiger partial charge in [-0.3, -0.25) is 4.79 Å². The number of nitriles is 1. The number of hydrogen-bond donors (Lipinski definition) is 2. The molecule has 128 valence electrons. The van der Waals surface area contributed by atoms with E-state index >= 15 is 0 Å². The molecule has 0 saturated carbocycles. The first-order valence-corrected chi connectivity index (χ1v) is 8.75. The number of benzene rings is 3. The van der Waals surface area contributed by atoms with Crippen molar-refractivity contribution in [1.82, 2.24) is 0 Å². The van der Waals surface area contributed by atoms with E-state index in [1.54, 1.807) is 42.5 Å². The smallest absolute Gasteiger partial charge is 0.336 e. The first kappa shape index (κ1) is 17.5. The van der Waals surface area contributed by atoms with Crippen LogP contribution in [0.2, 0.25) is 0 Å². The molecule has 5 nitrogen and oxygen atoms in total. The Kier molecular flexibility index (Phi) is 5.20. The molecule has 0 aliphatic rings. The zero-order valence-corrected chi connectivity index (χ0v) is 14.4. The SMILES string of the molecule is N#CCSc1ccc(NC(=O)c2cccc3cccc(C(=O)O)c23)cc1. The van der Waals surface area contributed by atoms with E-state index in [0.717, 1.165) is 4.90 Å². The number of aromatic carboxylic acids is 1. The number of carbonyl (C=O) groups is 2. The molecule has 3 aromatic carbocycles. The number of nitrogens with one attached hydrogen (secondary N) is 1. The van der Waals surface area contributed by atoms with Crippen LogP contribution < -0.4 is 5.32 Å². The van der Waals surface area contributed by atoms with Crippen molar-refractivity contribution in [3.63, 3.8) is 0 Å². The Morgan fingerprint density at radius 3 is 2.27 bits per heavy atom. The fourth-order valence-corrected chi connectivity index (χ4v) is 3.22. The molecule has 26 heavy (non-hydrogen) atoms. The van der Waals surface area contributed by atoms with E-state index in [-0.39, 0.29) is 11.5 Å². The van der Waals surface area contributed by atoms with Crippen molar-refractivity contribution in [2.75, 3.05) is 11.1 Å². The van der Waals surface area contributed by atoms with Crippen molar-refractivity contribution < 1.29 is 14.7 Å². The van der Waals surface area contributed by atoms with Crippen LogP contribution in [-0.2, 0) is 0 Å². The van der Waals surface area contributed by atoms with Crippen molar-refractivity contribution in [3.05, 3.63) is 71.8 Å². The minimum absolute atomic E-state index is 0.0940. The van der Waals surface area contributed by atoms with Gasteiger partial charge in [0.05, 0.1) is 17.4 Å². The molecule has 2 N–H and O–H groups in total. The number of thioether (sulfide) groups is 1. The number of carbonyl (C=O) groups excluding carboxylic acids is 1. The van der Waals surface area contributed by atoms with Gasteiger partial charge in [-0.2, -0.15) is 5.26 Å². The summed E-state index contributed by atoms with van der Waals surface area (Å²) in [6.07, 6.45) is 0. The van der Waals surface area contributed by atoms with Crippen molar-refractivity contribution in [1.29, 1.82) is 5.26 Å². The number of fused-ring (bicyclic) bond motifs is 1. The number of rotatable bonds is 5. The van der Waals surface area contributed by atoms with Crippen LogP contribution in [0.15, 0.2) is 65.6 Å². The molecule has 6 heteroatoms. The second kappa shape index (κ2) is 7.72. The average Bonchev–Trinajstić information content (AvgIpc) is 2.66. The maximum absolute atomic E-state index is 12.7. The fourth-order valence-electron chi connectivity index (χ4n) is 2.66. The summed E-state index contributed by atoms with van der Waals surface area (Å²) in [5.41, 5.74) is 1.00. The lowest BCUT2D eigenvalue weighted by Gasteiger charge is -2.10. The van der Waals surface area contributed by atoms with Gasteiger partial charge in [0.2, 0.25) is 0 Å². The summed E-state index contributed by atoms with van der Waals surface area (Å²) in [5.74, 6) is -1.09. The van der Waals surface area contributed by atoms with Crippen molar-refractivity contribution in [3.8, 4) is 6.07 Å². The third kappa shape index (κ3) is 3.68. The summed E-state index contributed by atoms with van der Waals surface area (Å²) < 4.78 is 0. The standard InChI is InChI=1S/C20H14N2O3S/c21-11-12-26-15-9-7-14(8-10-15)22-19(23)16-5-1-3-13-4-2-6-17(18(13)16)20(24)25/h1-10H,12H2,(H,22,23)(H,24,25). The third-order valence-corrected chi connectivity index (χ3v) is 4.67. The predicted octanol–water partition coefficient (Wildman–Crippen LogP) is 4.41. The molecule has 0 aromatic heterocycles. The van der Waals surface area contributed by atoms with Crippen LogP contribution in [-0.4, -0.2) is 22.7 Å². The summed E-state index contributed by atoms with van der Waals surface area (Å²) in [4.78, 5) is 25.2. The zero-order chi connectivity index (χ0) is 18.5. The number of anilines is 1. The topological polar surface area (TPSA) is 90.2 Å². The Hall–Kier alpha value is -3.30. The largest absolute Gasteiger partial charge is 0.478 e. The molecule has 0 radical (unpaired) electrons. The molecule has 0 unspecified atom stereocenters. The Bertz CT molecular complexity index is 1020. The van der Waals surface area contributed by atoms with E-state index < -0.39 is 5.97 Å². The highest BCUT2D eigenvalue weighted by atomic mass is 32.2. The van der Waals surface area contributed by atoms with Crippen LogP contribution in [0.1, 0.15) is 20.7 Å². The third-order valence-electron chi connectivity index (χ3n) is 3.80. The highest BCUT2D eigenvalue weighted by Gasteiger charge is 2.16. The molecule has 0 saturated heterocycles. The van der Waals surface area contributed by atoms with Crippen LogP contribution in [0.5, 0.6) is 0 Å². The van der Waals surface area contributed by atoms with Crippen LogP contribution in [0.4, 0.5) is 5.69 Å². The van der Waals surface area contributed by atoms with Gasteiger partial charge >= 0.3 is 5.97 Å². The van der Waals surface area contributed by atoms with Gasteiger partial charge < -0.3 is 10.4 Å². The number of nitrogens with zero attached hydrogens (tertiary/aromatic N) is 1. The molecular formula is C20H14N2O3S. The Balaban J connectivity index is 1.91. The first-order valence-electron chi connectivity index (χ1n) is 7.76. The molecule has 1 amide bonds. The van der Waals surface area contributed by atoms with Gasteiger partial charge in [0.15, 0.2) is 0 Å². The van der Waals surface area contributed by atoms with Crippen molar-refractivity contribution >= 4 is 40.1 Å². The van der Waals surface area contributed by atoms with Gasteiger partial charge in [-0.05, 0) is 41.8 Å². The summed E-state index contributed by atoms with van der Waals surface area (Å²) in [5, 5.41) is 21.9. The molecular weight excluding hydrogens is 348 g/mol. The summed E-state index contributed by atoms with van der Waals surface area (Å²) in [7, 11) is 0. The number of hydrogen-bond acceptors (Lipinski definition) is 4. The van der Waals surface area contributed by atoms with Gasteiger partial charge in [0.25, 0.3) is 5.91 Å². The number of amides is 1. The highest BCUT2D eigenvalue weighted by Crippen LogP contribution is 2.25. The normalized spacial score (nSPS) is 10.3. The van der Waals surface area contributed by atoms with Gasteiger partial charge in [0.1, 0.15) is 0 Å². The molecule has 3 rings (SSSR count). The maximum Gasteiger partial charge on any atom is 0.336 e. The lowest BCUT2D eigenvalue weighted by molar-refractivity contribution is 0.0699. The van der Waals surface area contributed by atoms with E-state index in [2.05, 4.69) is 11.4 Å². The van der Waals surface area contributed by atoms with Crippen LogP contribution in [0.25, 0.3) is 10.8 Å². The molecule has 0 heterocycles. The summed E-state index contributed by atoms with van der Waals surface area (Å²) in [6, 6.07) is 19.2. The van der Waals surface area contributed by atoms with Crippen LogP contribution in [0.3, 0.4) is 0 Å². The van der Waals surface area contributed by atoms with Crippen LogP contribution in [0, 0.1) is 11.3 Å². The molecule has 0 bridgehead atoms. The Morgan fingerprint density at radius 2 is 1.65 bits per heavy atom. The molecule has 0 atom stereocenters. The Morgan fingerprint density at radius 1 is 1.00 bits per heavy atom. The first-order chi connectivity index (χ1) is 12.6. The van der Waals surface area contributed by atoms with Crippen molar-refractivity contribution in [2.45, 2.75) is 4.90 Å². The molecule has 0 aliphatic carbocycles. The van der Waals surface area contributed by atoms with E-state index in [4.69, 9.17) is 5.26 Å². The lowest BCUT2D eigenvalue weighted by Crippen LogP contribution is -2.13. The van der Waals surface area contributed by atoms with E-state index in [1.807, 2.05) is 12.1 Å². The lowest BCUT2D eigenvalue weighted by atomic mass is 9.98. The summed E-state index contributed by atoms with van der Waals surface area (Å²) >= 11 is 1.41. The number of carboxylic acids is 1. The Labute approximate surface area is 154 Å². The summed E-state index contributed by atoms with van der Waals surface area (Å²) in [6.45, 7) is 0. The molecule has 0 fully saturated rings. The van der Waals surface area contributed by atoms with Gasteiger partial charge in [-0.15, -0.1) is 11.8 Å². The number of carboxylic acid groups (broad SMARTS) is 1. The second-order valence-corrected chi connectivity index (χ2v) is 6.49. The van der Waals surface area contributed by atoms with Gasteiger partial charge in [-0.25, -0.2) is 4.79 Å². The maximum atomic E-state index is 12.7. The molecule has 0 aliphatic heterocycles. The highest BCUT2D eigenvalue weighted by molar-refractivity contribution is 7.99. The van der Waals surface area contributed by atoms with Crippen LogP contribution >= 0.6 is 11.8 Å². The quantitative estimate of drug-likeness (QED) is 0.656. The van der Waals surface area contributed by atoms with Gasteiger partial charge in [0, 0.05) is 21.5 Å².